The van der Waals surface area contributed by atoms with Crippen molar-refractivity contribution < 1.29 is 13.2 Å². The van der Waals surface area contributed by atoms with Crippen LogP contribution in [0.25, 0.3) is 0 Å². The van der Waals surface area contributed by atoms with Crippen LogP contribution in [0.2, 0.25) is 0 Å². The largest absolute Gasteiger partial charge is 0.416 e. The van der Waals surface area contributed by atoms with Crippen molar-refractivity contribution in [3.63, 3.8) is 0 Å². The Hall–Kier alpha value is -0.420. The second-order valence-corrected chi connectivity index (χ2v) is 4.07. The van der Waals surface area contributed by atoms with Crippen LogP contribution in [0, 0.1) is 14.9 Å². The van der Waals surface area contributed by atoms with Crippen LogP contribution in [-0.2, 0) is 6.18 Å². The molecule has 0 N–H and O–H groups in total. The molecule has 0 amide bonds. The fourth-order valence-corrected chi connectivity index (χ4v) is 1.65. The van der Waals surface area contributed by atoms with E-state index >= 15 is 0 Å². The van der Waals surface area contributed by atoms with Gasteiger partial charge in [-0.05, 0) is 34.7 Å². The summed E-state index contributed by atoms with van der Waals surface area (Å²) < 4.78 is 37.2. The summed E-state index contributed by atoms with van der Waals surface area (Å²) in [4.78, 5) is 0.279. The fraction of sp³-hybridized carbons (Fsp3) is 0.125. The molecule has 6 heteroatoms. The summed E-state index contributed by atoms with van der Waals surface area (Å²) in [5, 5.41) is 8.56. The molecule has 0 saturated carbocycles. The monoisotopic (exact) mass is 329 g/mol. The summed E-state index contributed by atoms with van der Waals surface area (Å²) in [6, 6.07) is 3.43. The fourth-order valence-electron chi connectivity index (χ4n) is 0.848. The van der Waals surface area contributed by atoms with E-state index in [2.05, 4.69) is 12.6 Å². The van der Waals surface area contributed by atoms with E-state index in [9.17, 15) is 13.2 Å². The Morgan fingerprint density at radius 3 is 2.36 bits per heavy atom. The second-order valence-electron chi connectivity index (χ2n) is 2.46. The zero-order chi connectivity index (χ0) is 10.9. The highest BCUT2D eigenvalue weighted by atomic mass is 127. The molecular weight excluding hydrogens is 326 g/mol. The van der Waals surface area contributed by atoms with Crippen molar-refractivity contribution in [3.8, 4) is 6.07 Å². The number of thiol groups is 1. The number of benzene rings is 1. The topological polar surface area (TPSA) is 23.8 Å². The maximum Gasteiger partial charge on any atom is 0.416 e. The molecule has 14 heavy (non-hydrogen) atoms. The molecule has 1 aromatic carbocycles. The summed E-state index contributed by atoms with van der Waals surface area (Å²) in [6.07, 6.45) is -4.42. The molecular formula is C8H3F3INS. The Morgan fingerprint density at radius 2 is 1.93 bits per heavy atom. The number of halogens is 4. The van der Waals surface area contributed by atoms with E-state index in [0.717, 1.165) is 12.1 Å². The lowest BCUT2D eigenvalue weighted by Gasteiger charge is -2.09. The van der Waals surface area contributed by atoms with Crippen molar-refractivity contribution in [1.29, 1.82) is 5.26 Å². The molecule has 0 aromatic heterocycles. The first-order valence-corrected chi connectivity index (χ1v) is 4.88. The van der Waals surface area contributed by atoms with Crippen molar-refractivity contribution in [2.45, 2.75) is 11.1 Å². The summed E-state index contributed by atoms with van der Waals surface area (Å²) in [5.74, 6) is 0. The molecule has 74 valence electrons. The van der Waals surface area contributed by atoms with E-state index in [-0.39, 0.29) is 10.5 Å². The molecule has 0 aliphatic heterocycles. The van der Waals surface area contributed by atoms with Gasteiger partial charge in [-0.2, -0.15) is 18.4 Å². The van der Waals surface area contributed by atoms with Gasteiger partial charge in [0, 0.05) is 8.47 Å². The quantitative estimate of drug-likeness (QED) is 0.572. The Kier molecular flexibility index (Phi) is 3.32. The van der Waals surface area contributed by atoms with Gasteiger partial charge in [0.2, 0.25) is 0 Å². The Labute approximate surface area is 97.5 Å². The highest BCUT2D eigenvalue weighted by Gasteiger charge is 2.31. The molecule has 1 nitrogen and oxygen atoms in total. The highest BCUT2D eigenvalue weighted by Crippen LogP contribution is 2.33. The van der Waals surface area contributed by atoms with Gasteiger partial charge in [0.1, 0.15) is 6.07 Å². The molecule has 0 atom stereocenters. The molecule has 1 rings (SSSR count). The molecule has 1 aromatic rings. The summed E-state index contributed by atoms with van der Waals surface area (Å²) in [5.41, 5.74) is -0.885. The number of hydrogen-bond acceptors (Lipinski definition) is 2. The first-order valence-electron chi connectivity index (χ1n) is 3.36. The van der Waals surface area contributed by atoms with Crippen molar-refractivity contribution in [2.75, 3.05) is 0 Å². The summed E-state index contributed by atoms with van der Waals surface area (Å²) in [6.45, 7) is 0. The maximum atomic E-state index is 12.3. The molecule has 0 aliphatic carbocycles. The van der Waals surface area contributed by atoms with E-state index in [1.54, 1.807) is 28.7 Å². The van der Waals surface area contributed by atoms with Crippen molar-refractivity contribution in [2.24, 2.45) is 0 Å². The molecule has 0 bridgehead atoms. The molecule has 0 fully saturated rings. The number of hydrogen-bond donors (Lipinski definition) is 1. The predicted molar refractivity (Wildman–Crippen MR) is 56.1 cm³/mol. The molecule has 0 saturated heterocycles. The van der Waals surface area contributed by atoms with Gasteiger partial charge in [-0.15, -0.1) is 12.6 Å². The average molecular weight is 329 g/mol. The van der Waals surface area contributed by atoms with Gasteiger partial charge in [-0.3, -0.25) is 0 Å². The Balaban J connectivity index is 3.40. The van der Waals surface area contributed by atoms with Gasteiger partial charge in [0.15, 0.2) is 0 Å². The Bertz CT molecular complexity index is 408. The standard InChI is InChI=1S/C8H3F3INS/c9-8(10,11)5-1-4(3-13)7(14)6(12)2-5/h1-2,14H. The third-order valence-electron chi connectivity index (χ3n) is 1.51. The van der Waals surface area contributed by atoms with Gasteiger partial charge < -0.3 is 0 Å². The highest BCUT2D eigenvalue weighted by molar-refractivity contribution is 14.1. The van der Waals surface area contributed by atoms with E-state index in [0.29, 0.717) is 3.57 Å². The smallest absolute Gasteiger partial charge is 0.192 e. The average Bonchev–Trinajstić information content (AvgIpc) is 2.07. The zero-order valence-electron chi connectivity index (χ0n) is 6.56. The second kappa shape index (κ2) is 3.98. The van der Waals surface area contributed by atoms with Crippen LogP contribution in [0.4, 0.5) is 13.2 Å². The van der Waals surface area contributed by atoms with E-state index < -0.39 is 11.7 Å². The summed E-state index contributed by atoms with van der Waals surface area (Å²) >= 11 is 5.65. The maximum absolute atomic E-state index is 12.3. The molecule has 0 aliphatic rings. The molecule has 0 radical (unpaired) electrons. The van der Waals surface area contributed by atoms with Crippen molar-refractivity contribution in [1.82, 2.24) is 0 Å². The first kappa shape index (κ1) is 11.7. The van der Waals surface area contributed by atoms with Gasteiger partial charge in [0.05, 0.1) is 11.1 Å². The molecule has 0 unspecified atom stereocenters. The third kappa shape index (κ3) is 2.33. The minimum atomic E-state index is -4.42. The molecule has 0 heterocycles. The SMILES string of the molecule is N#Cc1cc(C(F)(F)F)cc(I)c1S. The van der Waals surface area contributed by atoms with Crippen LogP contribution >= 0.6 is 35.2 Å². The zero-order valence-corrected chi connectivity index (χ0v) is 9.61. The van der Waals surface area contributed by atoms with Crippen LogP contribution in [0.3, 0.4) is 0 Å². The number of nitrogens with zero attached hydrogens (tertiary/aromatic N) is 1. The number of nitriles is 1. The van der Waals surface area contributed by atoms with Crippen LogP contribution in [0.15, 0.2) is 17.0 Å². The Morgan fingerprint density at radius 1 is 1.36 bits per heavy atom. The van der Waals surface area contributed by atoms with Crippen LogP contribution < -0.4 is 0 Å². The lowest BCUT2D eigenvalue weighted by Crippen LogP contribution is -2.06. The number of alkyl halides is 3. The minimum Gasteiger partial charge on any atom is -0.192 e. The minimum absolute atomic E-state index is 0.0624. The van der Waals surface area contributed by atoms with Crippen molar-refractivity contribution in [3.05, 3.63) is 26.8 Å². The normalized spacial score (nSPS) is 11.1. The first-order chi connectivity index (χ1) is 6.36. The van der Waals surface area contributed by atoms with Crippen molar-refractivity contribution >= 4 is 35.2 Å². The van der Waals surface area contributed by atoms with Gasteiger partial charge in [0.25, 0.3) is 0 Å². The molecule has 0 spiro atoms. The van der Waals surface area contributed by atoms with Crippen LogP contribution in [-0.4, -0.2) is 0 Å². The lowest BCUT2D eigenvalue weighted by atomic mass is 10.1. The lowest BCUT2D eigenvalue weighted by molar-refractivity contribution is -0.137. The van der Waals surface area contributed by atoms with E-state index in [1.165, 1.54) is 0 Å². The predicted octanol–water partition coefficient (Wildman–Crippen LogP) is 3.47. The van der Waals surface area contributed by atoms with Gasteiger partial charge >= 0.3 is 6.18 Å². The summed E-state index contributed by atoms with van der Waals surface area (Å²) in [7, 11) is 0. The van der Waals surface area contributed by atoms with Crippen LogP contribution in [0.5, 0.6) is 0 Å². The van der Waals surface area contributed by atoms with Crippen LogP contribution in [0.1, 0.15) is 11.1 Å². The third-order valence-corrected chi connectivity index (χ3v) is 3.27. The van der Waals surface area contributed by atoms with E-state index in [1.807, 2.05) is 0 Å². The number of rotatable bonds is 0. The van der Waals surface area contributed by atoms with E-state index in [4.69, 9.17) is 5.26 Å². The van der Waals surface area contributed by atoms with Gasteiger partial charge in [-0.1, -0.05) is 0 Å². The van der Waals surface area contributed by atoms with Gasteiger partial charge in [-0.25, -0.2) is 0 Å².